The standard InChI is InChI=1S/C26H26FNO3/c27-23-13-12-21(16-6-8-17(9-7-16)24(29)18-10-11-18)25-22(23)14-20(31-25)15-28-26(30)19-4-2-1-3-5-19/h1-2,6-9,12-13,18-20H,3-5,10-11,14-15H2,(H,28,30)/t19-,20-/m1/s1. The van der Waals surface area contributed by atoms with E-state index >= 15 is 0 Å². The first kappa shape index (κ1) is 20.0. The molecular formula is C26H26FNO3. The molecule has 2 aliphatic carbocycles. The summed E-state index contributed by atoms with van der Waals surface area (Å²) in [5.74, 6) is 0.700. The highest BCUT2D eigenvalue weighted by Crippen LogP contribution is 2.40. The van der Waals surface area contributed by atoms with Crippen LogP contribution in [-0.2, 0) is 11.2 Å². The third kappa shape index (κ3) is 4.14. The fourth-order valence-corrected chi connectivity index (χ4v) is 4.49. The molecule has 4 nitrogen and oxygen atoms in total. The molecule has 0 aromatic heterocycles. The lowest BCUT2D eigenvalue weighted by Crippen LogP contribution is -2.38. The van der Waals surface area contributed by atoms with Gasteiger partial charge < -0.3 is 10.1 Å². The summed E-state index contributed by atoms with van der Waals surface area (Å²) in [6.45, 7) is 0.363. The van der Waals surface area contributed by atoms with Crippen molar-refractivity contribution in [2.45, 2.75) is 44.6 Å². The molecule has 5 rings (SSSR count). The Bertz CT molecular complexity index is 1040. The lowest BCUT2D eigenvalue weighted by atomic mass is 9.93. The van der Waals surface area contributed by atoms with Gasteiger partial charge in [-0.15, -0.1) is 0 Å². The van der Waals surface area contributed by atoms with Gasteiger partial charge in [0.15, 0.2) is 5.78 Å². The van der Waals surface area contributed by atoms with Gasteiger partial charge in [-0.3, -0.25) is 9.59 Å². The topological polar surface area (TPSA) is 55.4 Å². The number of ether oxygens (including phenoxy) is 1. The molecule has 5 heteroatoms. The summed E-state index contributed by atoms with van der Waals surface area (Å²) in [5.41, 5.74) is 2.98. The zero-order valence-electron chi connectivity index (χ0n) is 17.4. The Kier molecular flexibility index (Phi) is 5.34. The molecule has 1 fully saturated rings. The fraction of sp³-hybridized carbons (Fsp3) is 0.385. The van der Waals surface area contributed by atoms with E-state index < -0.39 is 0 Å². The van der Waals surface area contributed by atoms with Crippen molar-refractivity contribution in [3.63, 3.8) is 0 Å². The minimum atomic E-state index is -0.288. The number of hydrogen-bond donors (Lipinski definition) is 1. The van der Waals surface area contributed by atoms with Crippen LogP contribution in [0.15, 0.2) is 48.6 Å². The summed E-state index contributed by atoms with van der Waals surface area (Å²) in [4.78, 5) is 24.7. The van der Waals surface area contributed by atoms with Gasteiger partial charge in [0.2, 0.25) is 5.91 Å². The van der Waals surface area contributed by atoms with E-state index in [-0.39, 0.29) is 35.4 Å². The normalized spacial score (nSPS) is 22.0. The second kappa shape index (κ2) is 8.29. The van der Waals surface area contributed by atoms with Gasteiger partial charge in [0, 0.05) is 34.9 Å². The number of nitrogens with one attached hydrogen (secondary N) is 1. The Morgan fingerprint density at radius 2 is 1.81 bits per heavy atom. The van der Waals surface area contributed by atoms with Crippen LogP contribution in [0.3, 0.4) is 0 Å². The molecule has 1 heterocycles. The number of carbonyl (C=O) groups excluding carboxylic acids is 2. The molecule has 0 spiro atoms. The summed E-state index contributed by atoms with van der Waals surface area (Å²) >= 11 is 0. The van der Waals surface area contributed by atoms with Gasteiger partial charge in [-0.25, -0.2) is 4.39 Å². The smallest absolute Gasteiger partial charge is 0.223 e. The zero-order chi connectivity index (χ0) is 21.4. The first-order chi connectivity index (χ1) is 15.1. The van der Waals surface area contributed by atoms with E-state index in [1.54, 1.807) is 6.07 Å². The molecule has 0 bridgehead atoms. The Labute approximate surface area is 181 Å². The highest BCUT2D eigenvalue weighted by molar-refractivity contribution is 5.99. The van der Waals surface area contributed by atoms with E-state index in [9.17, 15) is 14.0 Å². The number of fused-ring (bicyclic) bond motifs is 1. The number of rotatable bonds is 6. The SMILES string of the molecule is O=C(c1ccc(-c2ccc(F)c3c2O[C@@H](CNC(=O)[C@@H]2CC=CCC2)C3)cc1)C1CC1. The van der Waals surface area contributed by atoms with E-state index in [1.165, 1.54) is 6.07 Å². The van der Waals surface area contributed by atoms with E-state index in [2.05, 4.69) is 17.5 Å². The predicted molar refractivity (Wildman–Crippen MR) is 117 cm³/mol. The molecule has 160 valence electrons. The summed E-state index contributed by atoms with van der Waals surface area (Å²) in [5, 5.41) is 2.99. The van der Waals surface area contributed by atoms with Crippen LogP contribution in [0.5, 0.6) is 5.75 Å². The fourth-order valence-electron chi connectivity index (χ4n) is 4.49. The van der Waals surface area contributed by atoms with Crippen molar-refractivity contribution >= 4 is 11.7 Å². The molecule has 31 heavy (non-hydrogen) atoms. The minimum absolute atomic E-state index is 0.0120. The Balaban J connectivity index is 1.29. The van der Waals surface area contributed by atoms with E-state index in [0.717, 1.165) is 48.8 Å². The van der Waals surface area contributed by atoms with Crippen molar-refractivity contribution in [1.29, 1.82) is 0 Å². The molecular weight excluding hydrogens is 393 g/mol. The second-order valence-corrected chi connectivity index (χ2v) is 8.79. The van der Waals surface area contributed by atoms with Crippen LogP contribution in [0, 0.1) is 17.7 Å². The highest BCUT2D eigenvalue weighted by Gasteiger charge is 2.31. The number of ketones is 1. The first-order valence-electron chi connectivity index (χ1n) is 11.2. The maximum absolute atomic E-state index is 14.5. The number of halogens is 1. The molecule has 2 aromatic carbocycles. The number of hydrogen-bond acceptors (Lipinski definition) is 3. The average Bonchev–Trinajstić information content (AvgIpc) is 3.57. The van der Waals surface area contributed by atoms with Gasteiger partial charge in [-0.05, 0) is 49.8 Å². The second-order valence-electron chi connectivity index (χ2n) is 8.79. The van der Waals surface area contributed by atoms with E-state index in [0.29, 0.717) is 24.3 Å². The van der Waals surface area contributed by atoms with Crippen LogP contribution in [-0.4, -0.2) is 24.3 Å². The molecule has 0 radical (unpaired) electrons. The maximum Gasteiger partial charge on any atom is 0.223 e. The molecule has 1 N–H and O–H groups in total. The summed E-state index contributed by atoms with van der Waals surface area (Å²) in [6.07, 6.45) is 8.84. The zero-order valence-corrected chi connectivity index (χ0v) is 17.4. The lowest BCUT2D eigenvalue weighted by Gasteiger charge is -2.19. The molecule has 0 unspecified atom stereocenters. The summed E-state index contributed by atoms with van der Waals surface area (Å²) < 4.78 is 20.6. The van der Waals surface area contributed by atoms with Crippen molar-refractivity contribution in [1.82, 2.24) is 5.32 Å². The Hall–Kier alpha value is -2.95. The van der Waals surface area contributed by atoms with Crippen LogP contribution in [0.25, 0.3) is 11.1 Å². The van der Waals surface area contributed by atoms with Gasteiger partial charge in [0.05, 0.1) is 6.54 Å². The van der Waals surface area contributed by atoms with Crippen LogP contribution < -0.4 is 10.1 Å². The summed E-state index contributed by atoms with van der Waals surface area (Å²) in [6, 6.07) is 10.7. The molecule has 3 aliphatic rings. The molecule has 2 atom stereocenters. The molecule has 2 aromatic rings. The monoisotopic (exact) mass is 419 g/mol. The number of allylic oxidation sites excluding steroid dienone is 2. The lowest BCUT2D eigenvalue weighted by molar-refractivity contribution is -0.125. The third-order valence-electron chi connectivity index (χ3n) is 6.49. The number of Topliss-reactive ketones (excluding diaryl/α,β-unsaturated/α-hetero) is 1. The van der Waals surface area contributed by atoms with Crippen molar-refractivity contribution in [3.8, 4) is 16.9 Å². The van der Waals surface area contributed by atoms with Crippen LogP contribution in [0.2, 0.25) is 0 Å². The largest absolute Gasteiger partial charge is 0.487 e. The summed E-state index contributed by atoms with van der Waals surface area (Å²) in [7, 11) is 0. The average molecular weight is 419 g/mol. The minimum Gasteiger partial charge on any atom is -0.487 e. The van der Waals surface area contributed by atoms with Crippen molar-refractivity contribution < 1.29 is 18.7 Å². The Morgan fingerprint density at radius 3 is 2.52 bits per heavy atom. The van der Waals surface area contributed by atoms with Gasteiger partial charge >= 0.3 is 0 Å². The molecule has 1 amide bonds. The molecule has 0 saturated heterocycles. The van der Waals surface area contributed by atoms with Crippen LogP contribution in [0.1, 0.15) is 48.0 Å². The van der Waals surface area contributed by atoms with E-state index in [1.807, 2.05) is 24.3 Å². The van der Waals surface area contributed by atoms with Gasteiger partial charge in [-0.2, -0.15) is 0 Å². The van der Waals surface area contributed by atoms with Crippen LogP contribution in [0.4, 0.5) is 4.39 Å². The maximum atomic E-state index is 14.5. The third-order valence-corrected chi connectivity index (χ3v) is 6.49. The van der Waals surface area contributed by atoms with Gasteiger partial charge in [0.1, 0.15) is 17.7 Å². The van der Waals surface area contributed by atoms with Gasteiger partial charge in [0.25, 0.3) is 0 Å². The van der Waals surface area contributed by atoms with Crippen molar-refractivity contribution in [3.05, 3.63) is 65.5 Å². The van der Waals surface area contributed by atoms with Crippen molar-refractivity contribution in [2.75, 3.05) is 6.54 Å². The van der Waals surface area contributed by atoms with Gasteiger partial charge in [-0.1, -0.05) is 36.4 Å². The first-order valence-corrected chi connectivity index (χ1v) is 11.2. The number of benzene rings is 2. The quantitative estimate of drug-likeness (QED) is 0.537. The predicted octanol–water partition coefficient (Wildman–Crippen LogP) is 4.86. The molecule has 1 saturated carbocycles. The number of carbonyl (C=O) groups is 2. The number of amides is 1. The highest BCUT2D eigenvalue weighted by atomic mass is 19.1. The van der Waals surface area contributed by atoms with Crippen molar-refractivity contribution in [2.24, 2.45) is 11.8 Å². The van der Waals surface area contributed by atoms with E-state index in [4.69, 9.17) is 4.74 Å². The van der Waals surface area contributed by atoms with Crippen LogP contribution >= 0.6 is 0 Å². The Morgan fingerprint density at radius 1 is 1.00 bits per heavy atom. The molecule has 1 aliphatic heterocycles.